The summed E-state index contributed by atoms with van der Waals surface area (Å²) in [6.07, 6.45) is 1.64. The van der Waals surface area contributed by atoms with Crippen molar-refractivity contribution in [2.24, 2.45) is 5.73 Å². The van der Waals surface area contributed by atoms with Crippen LogP contribution in [0.4, 0.5) is 11.4 Å². The van der Waals surface area contributed by atoms with Gasteiger partial charge in [0, 0.05) is 5.56 Å². The number of aromatic nitrogens is 1. The molecule has 0 bridgehead atoms. The number of carbonyl (C=O) groups is 1. The molecule has 5 N–H and O–H groups in total. The van der Waals surface area contributed by atoms with Gasteiger partial charge in [-0.3, -0.25) is 4.79 Å². The first-order valence-electron chi connectivity index (χ1n) is 5.41. The third kappa shape index (κ3) is 2.60. The highest BCUT2D eigenvalue weighted by Crippen LogP contribution is 2.20. The van der Waals surface area contributed by atoms with E-state index in [-0.39, 0.29) is 0 Å². The van der Waals surface area contributed by atoms with Crippen LogP contribution in [0.25, 0.3) is 0 Å². The van der Waals surface area contributed by atoms with Gasteiger partial charge in [0.05, 0.1) is 24.1 Å². The topological polar surface area (TPSA) is 107 Å². The van der Waals surface area contributed by atoms with Gasteiger partial charge in [0.1, 0.15) is 5.76 Å². The van der Waals surface area contributed by atoms with Crippen LogP contribution < -0.4 is 16.8 Å². The number of rotatable bonds is 4. The molecule has 0 saturated carbocycles. The average molecular weight is 246 g/mol. The molecule has 6 nitrogen and oxygen atoms in total. The molecule has 94 valence electrons. The van der Waals surface area contributed by atoms with Crippen molar-refractivity contribution in [3.63, 3.8) is 0 Å². The third-order valence-corrected chi connectivity index (χ3v) is 2.44. The number of primary amides is 1. The molecule has 0 aliphatic carbocycles. The van der Waals surface area contributed by atoms with E-state index in [4.69, 9.17) is 15.9 Å². The molecule has 1 amide bonds. The summed E-state index contributed by atoms with van der Waals surface area (Å²) in [5, 5.41) is 3.05. The second-order valence-electron chi connectivity index (χ2n) is 3.88. The molecule has 6 heteroatoms. The Bertz CT molecular complexity index is 577. The minimum atomic E-state index is -0.495. The van der Waals surface area contributed by atoms with Gasteiger partial charge in [-0.1, -0.05) is 0 Å². The van der Waals surface area contributed by atoms with Gasteiger partial charge in [-0.15, -0.1) is 0 Å². The van der Waals surface area contributed by atoms with Gasteiger partial charge in [-0.2, -0.15) is 0 Å². The van der Waals surface area contributed by atoms with E-state index in [1.807, 2.05) is 6.92 Å². The van der Waals surface area contributed by atoms with E-state index in [9.17, 15) is 4.79 Å². The molecule has 1 aromatic heterocycles. The minimum Gasteiger partial charge on any atom is -0.444 e. The van der Waals surface area contributed by atoms with Crippen LogP contribution in [0.15, 0.2) is 28.8 Å². The molecule has 2 rings (SSSR count). The number of carbonyl (C=O) groups excluding carboxylic acids is 1. The number of nitrogens with two attached hydrogens (primary N) is 2. The Morgan fingerprint density at radius 1 is 1.50 bits per heavy atom. The summed E-state index contributed by atoms with van der Waals surface area (Å²) in [5.74, 6) is 0.798. The molecule has 0 atom stereocenters. The number of anilines is 2. The molecule has 0 unspecified atom stereocenters. The lowest BCUT2D eigenvalue weighted by Gasteiger charge is -2.08. The lowest BCUT2D eigenvalue weighted by atomic mass is 10.1. The van der Waals surface area contributed by atoms with Gasteiger partial charge in [0.2, 0.25) is 11.8 Å². The van der Waals surface area contributed by atoms with Crippen molar-refractivity contribution >= 4 is 17.3 Å². The van der Waals surface area contributed by atoms with Gasteiger partial charge in [0.25, 0.3) is 0 Å². The zero-order chi connectivity index (χ0) is 13.1. The zero-order valence-corrected chi connectivity index (χ0v) is 9.93. The van der Waals surface area contributed by atoms with Crippen LogP contribution in [0.2, 0.25) is 0 Å². The second kappa shape index (κ2) is 4.79. The van der Waals surface area contributed by atoms with Crippen LogP contribution in [0.3, 0.4) is 0 Å². The predicted molar refractivity (Wildman–Crippen MR) is 67.9 cm³/mol. The van der Waals surface area contributed by atoms with Crippen LogP contribution in [0.5, 0.6) is 0 Å². The van der Waals surface area contributed by atoms with E-state index in [1.165, 1.54) is 0 Å². The van der Waals surface area contributed by atoms with Crippen molar-refractivity contribution in [2.75, 3.05) is 11.1 Å². The SMILES string of the molecule is Cc1cnc(CNc2cc(C(N)=O)ccc2N)o1. The first-order chi connectivity index (χ1) is 8.56. The molecule has 1 aromatic carbocycles. The number of benzene rings is 1. The van der Waals surface area contributed by atoms with E-state index in [0.717, 1.165) is 5.76 Å². The van der Waals surface area contributed by atoms with Gasteiger partial charge in [-0.05, 0) is 25.1 Å². The van der Waals surface area contributed by atoms with Gasteiger partial charge in [-0.25, -0.2) is 4.98 Å². The molecule has 0 fully saturated rings. The molecule has 0 radical (unpaired) electrons. The first-order valence-corrected chi connectivity index (χ1v) is 5.41. The van der Waals surface area contributed by atoms with Crippen LogP contribution >= 0.6 is 0 Å². The molecule has 1 heterocycles. The number of aryl methyl sites for hydroxylation is 1. The van der Waals surface area contributed by atoms with Crippen LogP contribution in [-0.2, 0) is 6.54 Å². The van der Waals surface area contributed by atoms with Gasteiger partial charge < -0.3 is 21.2 Å². The first kappa shape index (κ1) is 12.0. The summed E-state index contributed by atoms with van der Waals surface area (Å²) in [7, 11) is 0. The number of amides is 1. The summed E-state index contributed by atoms with van der Waals surface area (Å²) in [4.78, 5) is 15.1. The molecule has 0 saturated heterocycles. The molecule has 0 aliphatic rings. The molecule has 0 aliphatic heterocycles. The quantitative estimate of drug-likeness (QED) is 0.704. The Morgan fingerprint density at radius 2 is 2.28 bits per heavy atom. The second-order valence-corrected chi connectivity index (χ2v) is 3.88. The maximum Gasteiger partial charge on any atom is 0.248 e. The predicted octanol–water partition coefficient (Wildman–Crippen LogP) is 1.28. The Hall–Kier alpha value is -2.50. The Labute approximate surface area is 104 Å². The highest BCUT2D eigenvalue weighted by atomic mass is 16.4. The summed E-state index contributed by atoms with van der Waals surface area (Å²) >= 11 is 0. The Kier molecular flexibility index (Phi) is 3.18. The highest BCUT2D eigenvalue weighted by molar-refractivity contribution is 5.94. The normalized spacial score (nSPS) is 10.3. The fraction of sp³-hybridized carbons (Fsp3) is 0.167. The maximum absolute atomic E-state index is 11.1. The Balaban J connectivity index is 2.13. The van der Waals surface area contributed by atoms with E-state index in [1.54, 1.807) is 24.4 Å². The highest BCUT2D eigenvalue weighted by Gasteiger charge is 2.06. The fourth-order valence-electron chi connectivity index (χ4n) is 1.52. The van der Waals surface area contributed by atoms with E-state index >= 15 is 0 Å². The van der Waals surface area contributed by atoms with Crippen LogP contribution in [-0.4, -0.2) is 10.9 Å². The smallest absolute Gasteiger partial charge is 0.248 e. The Morgan fingerprint density at radius 3 is 2.89 bits per heavy atom. The minimum absolute atomic E-state index is 0.389. The molecule has 18 heavy (non-hydrogen) atoms. The van der Waals surface area contributed by atoms with Gasteiger partial charge >= 0.3 is 0 Å². The number of nitrogen functional groups attached to an aromatic ring is 1. The monoisotopic (exact) mass is 246 g/mol. The van der Waals surface area contributed by atoms with Crippen molar-refractivity contribution in [2.45, 2.75) is 13.5 Å². The number of oxazole rings is 1. The van der Waals surface area contributed by atoms with Crippen LogP contribution in [0.1, 0.15) is 22.0 Å². The lowest BCUT2D eigenvalue weighted by Crippen LogP contribution is -2.12. The number of nitrogens with one attached hydrogen (secondary N) is 1. The number of nitrogens with zero attached hydrogens (tertiary/aromatic N) is 1. The summed E-state index contributed by atoms with van der Waals surface area (Å²) in [5.41, 5.74) is 12.6. The molecule has 2 aromatic rings. The van der Waals surface area contributed by atoms with Crippen molar-refractivity contribution in [1.29, 1.82) is 0 Å². The largest absolute Gasteiger partial charge is 0.444 e. The molecular weight excluding hydrogens is 232 g/mol. The zero-order valence-electron chi connectivity index (χ0n) is 9.93. The van der Waals surface area contributed by atoms with Gasteiger partial charge in [0.15, 0.2) is 0 Å². The summed E-state index contributed by atoms with van der Waals surface area (Å²) < 4.78 is 5.32. The summed E-state index contributed by atoms with van der Waals surface area (Å²) in [6.45, 7) is 2.21. The summed E-state index contributed by atoms with van der Waals surface area (Å²) in [6, 6.07) is 4.81. The standard InChI is InChI=1S/C12H14N4O2/c1-7-5-16-11(18-7)6-15-10-4-8(12(14)17)2-3-9(10)13/h2-5,15H,6,13H2,1H3,(H2,14,17). The van der Waals surface area contributed by atoms with E-state index < -0.39 is 5.91 Å². The van der Waals surface area contributed by atoms with E-state index in [0.29, 0.717) is 29.4 Å². The van der Waals surface area contributed by atoms with Crippen molar-refractivity contribution < 1.29 is 9.21 Å². The van der Waals surface area contributed by atoms with Crippen molar-refractivity contribution in [3.8, 4) is 0 Å². The van der Waals surface area contributed by atoms with Crippen LogP contribution in [0, 0.1) is 6.92 Å². The maximum atomic E-state index is 11.1. The number of hydrogen-bond donors (Lipinski definition) is 3. The molecular formula is C12H14N4O2. The average Bonchev–Trinajstić information content (AvgIpc) is 2.74. The van der Waals surface area contributed by atoms with Crippen molar-refractivity contribution in [1.82, 2.24) is 4.98 Å². The molecule has 0 spiro atoms. The number of hydrogen-bond acceptors (Lipinski definition) is 5. The van der Waals surface area contributed by atoms with Crippen molar-refractivity contribution in [3.05, 3.63) is 41.6 Å². The third-order valence-electron chi connectivity index (χ3n) is 2.44. The van der Waals surface area contributed by atoms with E-state index in [2.05, 4.69) is 10.3 Å². The fourth-order valence-corrected chi connectivity index (χ4v) is 1.52. The lowest BCUT2D eigenvalue weighted by molar-refractivity contribution is 0.100.